The molecule has 2 aromatic carbocycles. The van der Waals surface area contributed by atoms with Crippen LogP contribution in [0.25, 0.3) is 11.0 Å². The standard InChI is InChI=1S/C26H32N4O3/c27-26(31)28-24-20-9-1-2-11-22(20)33-23(24)12-3-4-13-29-14-16-30(17-15-29)21-10-5-7-19-8-6-18-32-25(19)21/h1-2,5,7,9-11H,3-4,6,8,12-18H2,(H3,27,28,31). The lowest BCUT2D eigenvalue weighted by Crippen LogP contribution is -2.46. The molecule has 1 fully saturated rings. The highest BCUT2D eigenvalue weighted by Crippen LogP contribution is 2.36. The summed E-state index contributed by atoms with van der Waals surface area (Å²) in [5, 5.41) is 3.65. The topological polar surface area (TPSA) is 84.0 Å². The van der Waals surface area contributed by atoms with E-state index in [4.69, 9.17) is 14.9 Å². The minimum Gasteiger partial charge on any atom is -0.491 e. The van der Waals surface area contributed by atoms with Gasteiger partial charge in [0.2, 0.25) is 0 Å². The Morgan fingerprint density at radius 2 is 1.88 bits per heavy atom. The lowest BCUT2D eigenvalue weighted by Gasteiger charge is -2.37. The smallest absolute Gasteiger partial charge is 0.316 e. The van der Waals surface area contributed by atoms with E-state index >= 15 is 0 Å². The highest BCUT2D eigenvalue weighted by Gasteiger charge is 2.22. The molecule has 174 valence electrons. The molecule has 5 rings (SSSR count). The van der Waals surface area contributed by atoms with E-state index in [0.29, 0.717) is 5.69 Å². The Morgan fingerprint density at radius 1 is 1.03 bits per heavy atom. The number of aryl methyl sites for hydroxylation is 2. The molecule has 7 heteroatoms. The number of fused-ring (bicyclic) bond motifs is 2. The van der Waals surface area contributed by atoms with Crippen LogP contribution in [0.3, 0.4) is 0 Å². The molecule has 1 saturated heterocycles. The molecule has 3 aromatic rings. The van der Waals surface area contributed by atoms with Gasteiger partial charge in [0.05, 0.1) is 18.0 Å². The lowest BCUT2D eigenvalue weighted by molar-refractivity contribution is 0.249. The number of ether oxygens (including phenoxy) is 1. The summed E-state index contributed by atoms with van der Waals surface area (Å²) < 4.78 is 12.0. The number of piperazine rings is 1. The summed E-state index contributed by atoms with van der Waals surface area (Å²) >= 11 is 0. The fourth-order valence-corrected chi connectivity index (χ4v) is 4.99. The van der Waals surface area contributed by atoms with Gasteiger partial charge in [0.25, 0.3) is 0 Å². The number of anilines is 2. The number of carbonyl (C=O) groups excluding carboxylic acids is 1. The number of benzene rings is 2. The van der Waals surface area contributed by atoms with Gasteiger partial charge in [-0.1, -0.05) is 24.3 Å². The minimum absolute atomic E-state index is 0.564. The molecule has 33 heavy (non-hydrogen) atoms. The number of furan rings is 1. The molecule has 0 aliphatic carbocycles. The third-order valence-electron chi connectivity index (χ3n) is 6.67. The monoisotopic (exact) mass is 448 g/mol. The summed E-state index contributed by atoms with van der Waals surface area (Å²) in [6, 6.07) is 13.7. The summed E-state index contributed by atoms with van der Waals surface area (Å²) in [5.41, 5.74) is 9.46. The summed E-state index contributed by atoms with van der Waals surface area (Å²) in [5.74, 6) is 1.90. The first-order valence-electron chi connectivity index (χ1n) is 12.0. The van der Waals surface area contributed by atoms with Gasteiger partial charge >= 0.3 is 6.03 Å². The Bertz CT molecular complexity index is 1120. The molecule has 0 saturated carbocycles. The first-order chi connectivity index (χ1) is 16.2. The third-order valence-corrected chi connectivity index (χ3v) is 6.67. The average Bonchev–Trinajstić information content (AvgIpc) is 3.18. The molecule has 0 bridgehead atoms. The second-order valence-corrected chi connectivity index (χ2v) is 8.89. The van der Waals surface area contributed by atoms with Crippen LogP contribution in [0, 0.1) is 0 Å². The molecule has 2 aliphatic rings. The van der Waals surface area contributed by atoms with Crippen LogP contribution in [-0.2, 0) is 12.8 Å². The van der Waals surface area contributed by atoms with Crippen molar-refractivity contribution in [1.29, 1.82) is 0 Å². The Balaban J connectivity index is 1.12. The number of rotatable bonds is 7. The number of unbranched alkanes of at least 4 members (excludes halogenated alkanes) is 1. The van der Waals surface area contributed by atoms with Crippen molar-refractivity contribution in [2.24, 2.45) is 5.73 Å². The normalized spacial score (nSPS) is 16.4. The second-order valence-electron chi connectivity index (χ2n) is 8.89. The van der Waals surface area contributed by atoms with Gasteiger partial charge in [-0.05, 0) is 56.0 Å². The van der Waals surface area contributed by atoms with Crippen molar-refractivity contribution in [3.8, 4) is 5.75 Å². The molecular formula is C26H32N4O3. The van der Waals surface area contributed by atoms with Crippen molar-refractivity contribution in [2.45, 2.75) is 32.1 Å². The molecule has 0 spiro atoms. The summed E-state index contributed by atoms with van der Waals surface area (Å²) in [7, 11) is 0. The number of urea groups is 1. The van der Waals surface area contributed by atoms with Gasteiger partial charge < -0.3 is 25.1 Å². The molecule has 2 amide bonds. The molecule has 0 atom stereocenters. The van der Waals surface area contributed by atoms with E-state index in [9.17, 15) is 4.79 Å². The van der Waals surface area contributed by atoms with Crippen LogP contribution >= 0.6 is 0 Å². The molecule has 3 N–H and O–H groups in total. The Kier molecular flexibility index (Phi) is 6.39. The van der Waals surface area contributed by atoms with Crippen molar-refractivity contribution >= 4 is 28.4 Å². The molecule has 3 heterocycles. The Morgan fingerprint density at radius 3 is 2.73 bits per heavy atom. The predicted molar refractivity (Wildman–Crippen MR) is 131 cm³/mol. The van der Waals surface area contributed by atoms with E-state index in [1.807, 2.05) is 24.3 Å². The van der Waals surface area contributed by atoms with Crippen molar-refractivity contribution < 1.29 is 13.9 Å². The molecular weight excluding hydrogens is 416 g/mol. The largest absolute Gasteiger partial charge is 0.491 e. The predicted octanol–water partition coefficient (Wildman–Crippen LogP) is 4.39. The van der Waals surface area contributed by atoms with E-state index in [0.717, 1.165) is 93.9 Å². The number of primary amides is 1. The van der Waals surface area contributed by atoms with E-state index in [-0.39, 0.29) is 0 Å². The first kappa shape index (κ1) is 21.6. The van der Waals surface area contributed by atoms with E-state index in [1.165, 1.54) is 11.3 Å². The summed E-state index contributed by atoms with van der Waals surface area (Å²) in [6.07, 6.45) is 5.07. The average molecular weight is 449 g/mol. The zero-order chi connectivity index (χ0) is 22.6. The van der Waals surface area contributed by atoms with E-state index in [2.05, 4.69) is 33.3 Å². The Labute approximate surface area is 194 Å². The lowest BCUT2D eigenvalue weighted by atomic mass is 10.0. The van der Waals surface area contributed by atoms with Gasteiger partial charge in [-0.3, -0.25) is 4.90 Å². The van der Waals surface area contributed by atoms with Crippen LogP contribution in [0.1, 0.15) is 30.6 Å². The second kappa shape index (κ2) is 9.75. The number of hydrogen-bond donors (Lipinski definition) is 2. The van der Waals surface area contributed by atoms with Crippen molar-refractivity contribution in [1.82, 2.24) is 4.90 Å². The van der Waals surface area contributed by atoms with Gasteiger partial charge in [0.1, 0.15) is 17.1 Å². The molecule has 1 aromatic heterocycles. The Hall–Kier alpha value is -3.19. The SMILES string of the molecule is NC(=O)Nc1c(CCCCN2CCN(c3cccc4c3OCCC4)CC2)oc2ccccc12. The van der Waals surface area contributed by atoms with Gasteiger partial charge in [-0.2, -0.15) is 0 Å². The summed E-state index contributed by atoms with van der Waals surface area (Å²) in [6.45, 7) is 6.06. The zero-order valence-electron chi connectivity index (χ0n) is 19.0. The van der Waals surface area contributed by atoms with Gasteiger partial charge in [-0.25, -0.2) is 4.79 Å². The van der Waals surface area contributed by atoms with Crippen LogP contribution in [0.5, 0.6) is 5.75 Å². The number of nitrogens with zero attached hydrogens (tertiary/aromatic N) is 2. The number of para-hydroxylation sites is 2. The zero-order valence-corrected chi connectivity index (χ0v) is 19.0. The van der Waals surface area contributed by atoms with Crippen molar-refractivity contribution in [3.63, 3.8) is 0 Å². The fraction of sp³-hybridized carbons (Fsp3) is 0.423. The van der Waals surface area contributed by atoms with E-state index in [1.54, 1.807) is 0 Å². The van der Waals surface area contributed by atoms with E-state index < -0.39 is 6.03 Å². The molecule has 2 aliphatic heterocycles. The third kappa shape index (κ3) is 4.78. The van der Waals surface area contributed by atoms with Crippen LogP contribution in [0.4, 0.5) is 16.2 Å². The van der Waals surface area contributed by atoms with Crippen LogP contribution in [0.15, 0.2) is 46.9 Å². The quantitative estimate of drug-likeness (QED) is 0.524. The first-order valence-corrected chi connectivity index (χ1v) is 12.0. The van der Waals surface area contributed by atoms with Crippen LogP contribution in [0.2, 0.25) is 0 Å². The number of nitrogens with two attached hydrogens (primary N) is 1. The minimum atomic E-state index is -0.564. The number of amides is 2. The van der Waals surface area contributed by atoms with Crippen molar-refractivity contribution in [3.05, 3.63) is 53.8 Å². The van der Waals surface area contributed by atoms with Crippen molar-refractivity contribution in [2.75, 3.05) is 49.5 Å². The number of hydrogen-bond acceptors (Lipinski definition) is 5. The molecule has 0 unspecified atom stereocenters. The maximum absolute atomic E-state index is 11.5. The molecule has 0 radical (unpaired) electrons. The number of nitrogens with one attached hydrogen (secondary N) is 1. The highest BCUT2D eigenvalue weighted by atomic mass is 16.5. The van der Waals surface area contributed by atoms with Gasteiger partial charge in [0, 0.05) is 38.0 Å². The van der Waals surface area contributed by atoms with Gasteiger partial charge in [-0.15, -0.1) is 0 Å². The fourth-order valence-electron chi connectivity index (χ4n) is 4.99. The van der Waals surface area contributed by atoms with Crippen LogP contribution < -0.4 is 20.7 Å². The summed E-state index contributed by atoms with van der Waals surface area (Å²) in [4.78, 5) is 16.5. The molecule has 7 nitrogen and oxygen atoms in total. The highest BCUT2D eigenvalue weighted by molar-refractivity contribution is 6.00. The number of carbonyl (C=O) groups is 1. The maximum Gasteiger partial charge on any atom is 0.316 e. The van der Waals surface area contributed by atoms with Crippen LogP contribution in [-0.4, -0.2) is 50.3 Å². The van der Waals surface area contributed by atoms with Gasteiger partial charge in [0.15, 0.2) is 0 Å². The maximum atomic E-state index is 11.5.